The van der Waals surface area contributed by atoms with Gasteiger partial charge >= 0.3 is 0 Å². The van der Waals surface area contributed by atoms with Crippen LogP contribution in [0.25, 0.3) is 0 Å². The maximum absolute atomic E-state index is 6.00. The van der Waals surface area contributed by atoms with E-state index in [1.165, 1.54) is 5.56 Å². The van der Waals surface area contributed by atoms with Gasteiger partial charge in [-0.3, -0.25) is 0 Å². The molecule has 0 saturated heterocycles. The summed E-state index contributed by atoms with van der Waals surface area (Å²) in [4.78, 5) is 3.12. The van der Waals surface area contributed by atoms with E-state index in [1.807, 2.05) is 19.0 Å². The molecule has 4 nitrogen and oxygen atoms in total. The summed E-state index contributed by atoms with van der Waals surface area (Å²) in [6, 6.07) is 8.48. The van der Waals surface area contributed by atoms with Crippen molar-refractivity contribution in [3.8, 4) is 0 Å². The second-order valence-electron chi connectivity index (χ2n) is 4.43. The van der Waals surface area contributed by atoms with Crippen LogP contribution < -0.4 is 10.6 Å². The fraction of sp³-hybridized carbons (Fsp3) is 0.385. The summed E-state index contributed by atoms with van der Waals surface area (Å²) in [5.41, 5.74) is 7.18. The molecular formula is C13H18N4S2. The number of anilines is 1. The summed E-state index contributed by atoms with van der Waals surface area (Å²) in [5.74, 6) is 0. The van der Waals surface area contributed by atoms with E-state index in [4.69, 9.17) is 5.73 Å². The third-order valence-electron chi connectivity index (χ3n) is 2.73. The molecule has 102 valence electrons. The highest BCUT2D eigenvalue weighted by Gasteiger charge is 2.08. The van der Waals surface area contributed by atoms with Gasteiger partial charge in [-0.05, 0) is 24.1 Å². The standard InChI is InChI=1S/C13H18N4S2/c1-4-11(14)9-5-7-10(8-6-9)18-13-16-15-12(19-13)17(2)3/h5-8,11H,4,14H2,1-3H3/t11-/m0/s1. The van der Waals surface area contributed by atoms with E-state index >= 15 is 0 Å². The smallest absolute Gasteiger partial charge is 0.208 e. The van der Waals surface area contributed by atoms with E-state index in [-0.39, 0.29) is 6.04 Å². The van der Waals surface area contributed by atoms with E-state index < -0.39 is 0 Å². The van der Waals surface area contributed by atoms with Gasteiger partial charge in [0.05, 0.1) is 0 Å². The molecule has 0 fully saturated rings. The normalized spacial score (nSPS) is 12.4. The molecule has 0 amide bonds. The largest absolute Gasteiger partial charge is 0.353 e. The molecule has 0 saturated carbocycles. The molecule has 2 aromatic rings. The first kappa shape index (κ1) is 14.3. The Labute approximate surface area is 122 Å². The minimum Gasteiger partial charge on any atom is -0.353 e. The fourth-order valence-electron chi connectivity index (χ4n) is 1.54. The van der Waals surface area contributed by atoms with Crippen LogP contribution in [0, 0.1) is 0 Å². The Morgan fingerprint density at radius 3 is 2.47 bits per heavy atom. The van der Waals surface area contributed by atoms with Gasteiger partial charge in [-0.1, -0.05) is 42.2 Å². The zero-order valence-electron chi connectivity index (χ0n) is 11.3. The van der Waals surface area contributed by atoms with E-state index in [0.717, 1.165) is 20.8 Å². The molecule has 0 unspecified atom stereocenters. The molecule has 1 atom stereocenters. The molecule has 6 heteroatoms. The fourth-order valence-corrected chi connectivity index (χ4v) is 3.28. The van der Waals surface area contributed by atoms with Crippen LogP contribution in [0.1, 0.15) is 24.9 Å². The zero-order chi connectivity index (χ0) is 13.8. The van der Waals surface area contributed by atoms with Crippen LogP contribution >= 0.6 is 23.1 Å². The van der Waals surface area contributed by atoms with Crippen molar-refractivity contribution in [2.75, 3.05) is 19.0 Å². The van der Waals surface area contributed by atoms with Crippen LogP contribution in [0.3, 0.4) is 0 Å². The van der Waals surface area contributed by atoms with E-state index in [2.05, 4.69) is 41.4 Å². The van der Waals surface area contributed by atoms with E-state index in [0.29, 0.717) is 0 Å². The van der Waals surface area contributed by atoms with Crippen molar-refractivity contribution in [2.45, 2.75) is 28.6 Å². The summed E-state index contributed by atoms with van der Waals surface area (Å²) in [5, 5.41) is 9.22. The minimum absolute atomic E-state index is 0.126. The van der Waals surface area contributed by atoms with Crippen LogP contribution in [-0.4, -0.2) is 24.3 Å². The van der Waals surface area contributed by atoms with Gasteiger partial charge in [-0.15, -0.1) is 10.2 Å². The quantitative estimate of drug-likeness (QED) is 0.918. The molecule has 2 N–H and O–H groups in total. The minimum atomic E-state index is 0.126. The average Bonchev–Trinajstić information content (AvgIpc) is 2.87. The maximum atomic E-state index is 6.00. The number of nitrogens with two attached hydrogens (primary N) is 1. The second-order valence-corrected chi connectivity index (χ2v) is 6.71. The van der Waals surface area contributed by atoms with Crippen LogP contribution in [-0.2, 0) is 0 Å². The number of aromatic nitrogens is 2. The van der Waals surface area contributed by atoms with Crippen molar-refractivity contribution >= 4 is 28.2 Å². The van der Waals surface area contributed by atoms with E-state index in [1.54, 1.807) is 23.1 Å². The summed E-state index contributed by atoms with van der Waals surface area (Å²) in [6.45, 7) is 2.09. The number of rotatable bonds is 5. The Kier molecular flexibility index (Phi) is 4.79. The van der Waals surface area contributed by atoms with Crippen LogP contribution in [0.2, 0.25) is 0 Å². The Hall–Kier alpha value is -1.11. The summed E-state index contributed by atoms with van der Waals surface area (Å²) in [7, 11) is 3.94. The van der Waals surface area contributed by atoms with Gasteiger partial charge < -0.3 is 10.6 Å². The SMILES string of the molecule is CC[C@H](N)c1ccc(Sc2nnc(N(C)C)s2)cc1. The van der Waals surface area contributed by atoms with Crippen LogP contribution in [0.5, 0.6) is 0 Å². The molecule has 1 aromatic carbocycles. The lowest BCUT2D eigenvalue weighted by Gasteiger charge is -2.09. The number of hydrogen-bond acceptors (Lipinski definition) is 6. The van der Waals surface area contributed by atoms with Gasteiger partial charge in [0.2, 0.25) is 5.13 Å². The first-order chi connectivity index (χ1) is 9.10. The molecule has 0 radical (unpaired) electrons. The summed E-state index contributed by atoms with van der Waals surface area (Å²) in [6.07, 6.45) is 0.953. The maximum Gasteiger partial charge on any atom is 0.208 e. The summed E-state index contributed by atoms with van der Waals surface area (Å²) < 4.78 is 0.955. The molecule has 0 bridgehead atoms. The molecular weight excluding hydrogens is 276 g/mol. The molecule has 19 heavy (non-hydrogen) atoms. The van der Waals surface area contributed by atoms with Crippen LogP contribution in [0.4, 0.5) is 5.13 Å². The molecule has 1 heterocycles. The van der Waals surface area contributed by atoms with Crippen molar-refractivity contribution in [1.82, 2.24) is 10.2 Å². The molecule has 2 rings (SSSR count). The first-order valence-corrected chi connectivity index (χ1v) is 7.77. The van der Waals surface area contributed by atoms with Crippen molar-refractivity contribution in [3.05, 3.63) is 29.8 Å². The topological polar surface area (TPSA) is 55.0 Å². The van der Waals surface area contributed by atoms with Gasteiger partial charge in [-0.25, -0.2) is 0 Å². The van der Waals surface area contributed by atoms with Crippen LogP contribution in [0.15, 0.2) is 33.5 Å². The number of nitrogens with zero attached hydrogens (tertiary/aromatic N) is 3. The molecule has 0 aliphatic carbocycles. The second kappa shape index (κ2) is 6.36. The van der Waals surface area contributed by atoms with Gasteiger partial charge in [-0.2, -0.15) is 0 Å². The average molecular weight is 294 g/mol. The van der Waals surface area contributed by atoms with E-state index in [9.17, 15) is 0 Å². The Morgan fingerprint density at radius 1 is 1.26 bits per heavy atom. The van der Waals surface area contributed by atoms with Crippen molar-refractivity contribution in [3.63, 3.8) is 0 Å². The number of benzene rings is 1. The highest BCUT2D eigenvalue weighted by Crippen LogP contribution is 2.33. The molecule has 0 spiro atoms. The highest BCUT2D eigenvalue weighted by atomic mass is 32.2. The number of hydrogen-bond donors (Lipinski definition) is 1. The van der Waals surface area contributed by atoms with Crippen molar-refractivity contribution < 1.29 is 0 Å². The van der Waals surface area contributed by atoms with Gasteiger partial charge in [0.1, 0.15) is 0 Å². The molecule has 1 aromatic heterocycles. The van der Waals surface area contributed by atoms with Crippen molar-refractivity contribution in [1.29, 1.82) is 0 Å². The monoisotopic (exact) mass is 294 g/mol. The lowest BCUT2D eigenvalue weighted by molar-refractivity contribution is 0.698. The van der Waals surface area contributed by atoms with Gasteiger partial charge in [0, 0.05) is 25.0 Å². The lowest BCUT2D eigenvalue weighted by atomic mass is 10.1. The lowest BCUT2D eigenvalue weighted by Crippen LogP contribution is -2.07. The zero-order valence-corrected chi connectivity index (χ0v) is 13.0. The Morgan fingerprint density at radius 2 is 1.95 bits per heavy atom. The summed E-state index contributed by atoms with van der Waals surface area (Å²) >= 11 is 3.22. The van der Waals surface area contributed by atoms with Gasteiger partial charge in [0.15, 0.2) is 4.34 Å². The first-order valence-electron chi connectivity index (χ1n) is 6.14. The Bertz CT molecular complexity index is 522. The predicted molar refractivity (Wildman–Crippen MR) is 82.0 cm³/mol. The third kappa shape index (κ3) is 3.68. The highest BCUT2D eigenvalue weighted by molar-refractivity contribution is 8.01. The Balaban J connectivity index is 2.06. The third-order valence-corrected chi connectivity index (χ3v) is 4.88. The predicted octanol–water partition coefficient (Wildman–Crippen LogP) is 3.17. The molecule has 0 aliphatic heterocycles. The van der Waals surface area contributed by atoms with Crippen molar-refractivity contribution in [2.24, 2.45) is 5.73 Å². The van der Waals surface area contributed by atoms with Gasteiger partial charge in [0.25, 0.3) is 0 Å². The molecule has 0 aliphatic rings.